The van der Waals surface area contributed by atoms with E-state index in [0.717, 1.165) is 18.9 Å². The van der Waals surface area contributed by atoms with Gasteiger partial charge in [-0.3, -0.25) is 9.59 Å². The Kier molecular flexibility index (Phi) is 7.35. The van der Waals surface area contributed by atoms with Crippen LogP contribution in [0.3, 0.4) is 0 Å². The van der Waals surface area contributed by atoms with Crippen molar-refractivity contribution in [1.82, 2.24) is 4.98 Å². The smallest absolute Gasteiger partial charge is 0.252 e. The molecule has 0 atom stereocenters. The molecule has 0 spiro atoms. The van der Waals surface area contributed by atoms with E-state index in [1.165, 1.54) is 19.3 Å². The first-order chi connectivity index (χ1) is 14.5. The number of carbonyl (C=O) groups excluding carboxylic acids is 2. The number of Topliss-reactive ketones (excluding diaryl/α,β-unsaturated/α-hetero) is 1. The maximum Gasteiger partial charge on any atom is 0.252 e. The molecule has 7 nitrogen and oxygen atoms in total. The van der Waals surface area contributed by atoms with Crippen LogP contribution in [0.2, 0.25) is 0 Å². The lowest BCUT2D eigenvalue weighted by Crippen LogP contribution is -2.18. The number of nitrogens with two attached hydrogens (primary N) is 2. The molecule has 0 bridgehead atoms. The highest BCUT2D eigenvalue weighted by molar-refractivity contribution is 5.99. The zero-order valence-corrected chi connectivity index (χ0v) is 16.9. The lowest BCUT2D eigenvalue weighted by atomic mass is 9.85. The van der Waals surface area contributed by atoms with Crippen molar-refractivity contribution in [2.45, 2.75) is 38.5 Å². The summed E-state index contributed by atoms with van der Waals surface area (Å²) in [6.45, 7) is 0.622. The monoisotopic (exact) mass is 413 g/mol. The number of rotatable bonds is 9. The molecule has 3 rings (SSSR count). The molecule has 1 saturated carbocycles. The van der Waals surface area contributed by atoms with Gasteiger partial charge in [-0.2, -0.15) is 0 Å². The van der Waals surface area contributed by atoms with E-state index >= 15 is 0 Å². The molecule has 30 heavy (non-hydrogen) atoms. The molecule has 0 saturated heterocycles. The highest BCUT2D eigenvalue weighted by Crippen LogP contribution is 2.29. The highest BCUT2D eigenvalue weighted by Gasteiger charge is 2.19. The van der Waals surface area contributed by atoms with E-state index in [4.69, 9.17) is 11.5 Å². The normalized spacial score (nSPS) is 14.3. The highest BCUT2D eigenvalue weighted by atomic mass is 19.1. The van der Waals surface area contributed by atoms with Crippen molar-refractivity contribution in [3.8, 4) is 0 Å². The summed E-state index contributed by atoms with van der Waals surface area (Å²) in [5.74, 6) is -0.881. The number of ketones is 1. The third-order valence-corrected chi connectivity index (χ3v) is 5.32. The predicted molar refractivity (Wildman–Crippen MR) is 116 cm³/mol. The van der Waals surface area contributed by atoms with Crippen molar-refractivity contribution in [2.24, 2.45) is 17.4 Å². The zero-order valence-electron chi connectivity index (χ0n) is 16.9. The number of hydrogen-bond donors (Lipinski definition) is 4. The molecule has 1 aromatic carbocycles. The van der Waals surface area contributed by atoms with Gasteiger partial charge in [0.1, 0.15) is 5.82 Å². The molecular weight excluding hydrogens is 385 g/mol. The molecule has 1 aliphatic rings. The van der Waals surface area contributed by atoms with Gasteiger partial charge >= 0.3 is 0 Å². The molecule has 2 aromatic rings. The fraction of sp³-hybridized carbons (Fsp3) is 0.409. The van der Waals surface area contributed by atoms with Crippen LogP contribution in [-0.4, -0.2) is 29.8 Å². The average Bonchev–Trinajstić information content (AvgIpc) is 2.74. The summed E-state index contributed by atoms with van der Waals surface area (Å²) in [5.41, 5.74) is 11.9. The van der Waals surface area contributed by atoms with Crippen LogP contribution in [0.1, 0.15) is 59.2 Å². The number of nitrogens with one attached hydrogen (secondary N) is 2. The molecular formula is C22H28FN5O2. The van der Waals surface area contributed by atoms with Crippen LogP contribution >= 0.6 is 0 Å². The van der Waals surface area contributed by atoms with E-state index < -0.39 is 11.7 Å². The van der Waals surface area contributed by atoms with Gasteiger partial charge in [-0.15, -0.1) is 0 Å². The van der Waals surface area contributed by atoms with Crippen LogP contribution in [0.25, 0.3) is 0 Å². The van der Waals surface area contributed by atoms with Crippen LogP contribution < -0.4 is 22.1 Å². The summed E-state index contributed by atoms with van der Waals surface area (Å²) in [7, 11) is 0. The number of anilines is 3. The summed E-state index contributed by atoms with van der Waals surface area (Å²) in [6.07, 6.45) is 6.36. The third kappa shape index (κ3) is 5.54. The first-order valence-corrected chi connectivity index (χ1v) is 10.3. The number of carbonyl (C=O) groups is 2. The molecule has 1 heterocycles. The first kappa shape index (κ1) is 21.7. The van der Waals surface area contributed by atoms with Crippen molar-refractivity contribution < 1.29 is 14.0 Å². The van der Waals surface area contributed by atoms with E-state index in [9.17, 15) is 14.0 Å². The Bertz CT molecular complexity index is 912. The van der Waals surface area contributed by atoms with Crippen molar-refractivity contribution >= 4 is 29.0 Å². The number of hydrogen-bond acceptors (Lipinski definition) is 6. The number of nitrogens with zero attached hydrogens (tertiary/aromatic N) is 1. The molecule has 1 aromatic heterocycles. The van der Waals surface area contributed by atoms with E-state index in [2.05, 4.69) is 15.6 Å². The minimum Gasteiger partial charge on any atom is -0.366 e. The maximum absolute atomic E-state index is 14.2. The molecule has 0 unspecified atom stereocenters. The Hall–Kier alpha value is -3.00. The SMILES string of the molecule is NCCNc1nc(Nc2cccc(C(=O)CC3CCCCC3)c2)c(C(N)=O)cc1F. The summed E-state index contributed by atoms with van der Waals surface area (Å²) in [4.78, 5) is 28.6. The zero-order chi connectivity index (χ0) is 21.5. The first-order valence-electron chi connectivity index (χ1n) is 10.3. The summed E-state index contributed by atoms with van der Waals surface area (Å²) in [5, 5.41) is 5.77. The van der Waals surface area contributed by atoms with Gasteiger partial charge < -0.3 is 22.1 Å². The molecule has 6 N–H and O–H groups in total. The van der Waals surface area contributed by atoms with Gasteiger partial charge in [-0.05, 0) is 24.1 Å². The van der Waals surface area contributed by atoms with Crippen LogP contribution in [-0.2, 0) is 0 Å². The summed E-state index contributed by atoms with van der Waals surface area (Å²) < 4.78 is 14.2. The van der Waals surface area contributed by atoms with Gasteiger partial charge in [-0.1, -0.05) is 44.2 Å². The van der Waals surface area contributed by atoms with E-state index in [1.807, 2.05) is 0 Å². The number of benzene rings is 1. The Balaban J connectivity index is 1.80. The van der Waals surface area contributed by atoms with Crippen LogP contribution in [0.5, 0.6) is 0 Å². The second-order valence-corrected chi connectivity index (χ2v) is 7.63. The van der Waals surface area contributed by atoms with Crippen LogP contribution in [0.4, 0.5) is 21.7 Å². The minimum absolute atomic E-state index is 0.0301. The van der Waals surface area contributed by atoms with Gasteiger partial charge in [0.25, 0.3) is 5.91 Å². The maximum atomic E-state index is 14.2. The quantitative estimate of drug-likeness (QED) is 0.466. The second-order valence-electron chi connectivity index (χ2n) is 7.63. The standard InChI is InChI=1S/C22H28FN5O2/c23-18-13-17(20(25)30)21(28-22(18)26-10-9-24)27-16-8-4-7-15(12-16)19(29)11-14-5-2-1-3-6-14/h4,7-8,12-14H,1-3,5-6,9-11,24H2,(H2,25,30)(H2,26,27,28). The number of amides is 1. The molecule has 160 valence electrons. The molecule has 0 aliphatic heterocycles. The van der Waals surface area contributed by atoms with Crippen molar-refractivity contribution in [3.05, 3.63) is 47.3 Å². The number of halogens is 1. The van der Waals surface area contributed by atoms with E-state index in [0.29, 0.717) is 36.7 Å². The summed E-state index contributed by atoms with van der Waals surface area (Å²) in [6, 6.07) is 8.04. The van der Waals surface area contributed by atoms with Gasteiger partial charge in [0, 0.05) is 30.8 Å². The summed E-state index contributed by atoms with van der Waals surface area (Å²) >= 11 is 0. The minimum atomic E-state index is -0.807. The number of aromatic nitrogens is 1. The largest absolute Gasteiger partial charge is 0.366 e. The fourth-order valence-electron chi connectivity index (χ4n) is 3.76. The number of primary amides is 1. The molecule has 0 radical (unpaired) electrons. The van der Waals surface area contributed by atoms with Crippen LogP contribution in [0, 0.1) is 11.7 Å². The second kappa shape index (κ2) is 10.2. The van der Waals surface area contributed by atoms with Crippen molar-refractivity contribution in [1.29, 1.82) is 0 Å². The predicted octanol–water partition coefficient (Wildman–Crippen LogP) is 3.59. The molecule has 1 amide bonds. The third-order valence-electron chi connectivity index (χ3n) is 5.32. The van der Waals surface area contributed by atoms with Gasteiger partial charge in [0.05, 0.1) is 5.56 Å². The molecule has 8 heteroatoms. The Morgan fingerprint density at radius 3 is 2.60 bits per heavy atom. The van der Waals surface area contributed by atoms with E-state index in [-0.39, 0.29) is 23.0 Å². The Labute approximate surface area is 175 Å². The molecule has 1 aliphatic carbocycles. The number of pyridine rings is 1. The van der Waals surface area contributed by atoms with Gasteiger partial charge in [-0.25, -0.2) is 9.37 Å². The lowest BCUT2D eigenvalue weighted by Gasteiger charge is -2.20. The van der Waals surface area contributed by atoms with Crippen LogP contribution in [0.15, 0.2) is 30.3 Å². The topological polar surface area (TPSA) is 123 Å². The van der Waals surface area contributed by atoms with E-state index in [1.54, 1.807) is 24.3 Å². The fourth-order valence-corrected chi connectivity index (χ4v) is 3.76. The average molecular weight is 413 g/mol. The van der Waals surface area contributed by atoms with Gasteiger partial charge in [0.15, 0.2) is 17.4 Å². The Morgan fingerprint density at radius 1 is 1.13 bits per heavy atom. The lowest BCUT2D eigenvalue weighted by molar-refractivity contribution is 0.0949. The molecule has 1 fully saturated rings. The van der Waals surface area contributed by atoms with Crippen molar-refractivity contribution in [2.75, 3.05) is 23.7 Å². The van der Waals surface area contributed by atoms with Crippen molar-refractivity contribution in [3.63, 3.8) is 0 Å². The van der Waals surface area contributed by atoms with Gasteiger partial charge in [0.2, 0.25) is 0 Å². The Morgan fingerprint density at radius 2 is 1.90 bits per heavy atom.